The third-order valence-electron chi connectivity index (χ3n) is 4.89. The Kier molecular flexibility index (Phi) is 4.89. The highest BCUT2D eigenvalue weighted by Gasteiger charge is 2.14. The molecule has 0 fully saturated rings. The predicted octanol–water partition coefficient (Wildman–Crippen LogP) is 4.58. The van der Waals surface area contributed by atoms with Gasteiger partial charge in [0.25, 0.3) is 0 Å². The summed E-state index contributed by atoms with van der Waals surface area (Å²) in [7, 11) is 0. The van der Waals surface area contributed by atoms with E-state index >= 15 is 0 Å². The fourth-order valence-electron chi connectivity index (χ4n) is 3.42. The summed E-state index contributed by atoms with van der Waals surface area (Å²) in [6.45, 7) is 4.03. The highest BCUT2D eigenvalue weighted by molar-refractivity contribution is 5.90. The fourth-order valence-corrected chi connectivity index (χ4v) is 3.42. The Labute approximate surface area is 164 Å². The molecule has 0 aliphatic rings. The van der Waals surface area contributed by atoms with E-state index in [0.29, 0.717) is 12.8 Å². The van der Waals surface area contributed by atoms with Crippen molar-refractivity contribution in [3.05, 3.63) is 83.7 Å². The molecule has 2 aromatic carbocycles. The third-order valence-corrected chi connectivity index (χ3v) is 4.89. The van der Waals surface area contributed by atoms with Crippen molar-refractivity contribution >= 4 is 17.2 Å². The summed E-state index contributed by atoms with van der Waals surface area (Å²) in [5.41, 5.74) is 6.64. The molecule has 0 aliphatic carbocycles. The first-order chi connectivity index (χ1) is 13.6. The van der Waals surface area contributed by atoms with Crippen LogP contribution >= 0.6 is 0 Å². The van der Waals surface area contributed by atoms with Crippen molar-refractivity contribution in [3.63, 3.8) is 0 Å². The second-order valence-electron chi connectivity index (χ2n) is 6.84. The minimum atomic E-state index is -0.00413. The SMILES string of the molecule is Cc1nc2cc(-c3ccccc3)nn2c(C)c1CCC(=O)Nc1ccccc1. The number of carbonyl (C=O) groups is 1. The van der Waals surface area contributed by atoms with Crippen LogP contribution in [0.2, 0.25) is 0 Å². The van der Waals surface area contributed by atoms with Crippen molar-refractivity contribution in [1.82, 2.24) is 14.6 Å². The summed E-state index contributed by atoms with van der Waals surface area (Å²) in [6, 6.07) is 21.6. The maximum absolute atomic E-state index is 12.3. The molecule has 1 amide bonds. The van der Waals surface area contributed by atoms with Gasteiger partial charge < -0.3 is 5.32 Å². The monoisotopic (exact) mass is 370 g/mol. The maximum Gasteiger partial charge on any atom is 0.224 e. The summed E-state index contributed by atoms with van der Waals surface area (Å²) < 4.78 is 1.87. The summed E-state index contributed by atoms with van der Waals surface area (Å²) >= 11 is 0. The molecule has 0 bridgehead atoms. The highest BCUT2D eigenvalue weighted by atomic mass is 16.1. The number of hydrogen-bond acceptors (Lipinski definition) is 3. The predicted molar refractivity (Wildman–Crippen MR) is 111 cm³/mol. The molecule has 0 radical (unpaired) electrons. The van der Waals surface area contributed by atoms with Crippen LogP contribution in [0.3, 0.4) is 0 Å². The van der Waals surface area contributed by atoms with Crippen LogP contribution in [0.1, 0.15) is 23.4 Å². The summed E-state index contributed by atoms with van der Waals surface area (Å²) in [5.74, 6) is -0.00413. The summed E-state index contributed by atoms with van der Waals surface area (Å²) in [6.07, 6.45) is 1.02. The highest BCUT2D eigenvalue weighted by Crippen LogP contribution is 2.22. The first-order valence-electron chi connectivity index (χ1n) is 9.38. The lowest BCUT2D eigenvalue weighted by molar-refractivity contribution is -0.116. The molecule has 0 saturated heterocycles. The van der Waals surface area contributed by atoms with Gasteiger partial charge in [-0.2, -0.15) is 5.10 Å². The smallest absolute Gasteiger partial charge is 0.224 e. The van der Waals surface area contributed by atoms with Crippen molar-refractivity contribution in [3.8, 4) is 11.3 Å². The van der Waals surface area contributed by atoms with Gasteiger partial charge in [0.15, 0.2) is 5.65 Å². The van der Waals surface area contributed by atoms with Crippen LogP contribution in [-0.2, 0) is 11.2 Å². The zero-order valence-corrected chi connectivity index (χ0v) is 16.0. The van der Waals surface area contributed by atoms with E-state index in [9.17, 15) is 4.79 Å². The molecule has 0 spiro atoms. The van der Waals surface area contributed by atoms with E-state index in [4.69, 9.17) is 10.1 Å². The third kappa shape index (κ3) is 3.64. The molecule has 4 aromatic rings. The number of hydrogen-bond donors (Lipinski definition) is 1. The van der Waals surface area contributed by atoms with Gasteiger partial charge in [0.05, 0.1) is 5.69 Å². The first-order valence-corrected chi connectivity index (χ1v) is 9.38. The summed E-state index contributed by atoms with van der Waals surface area (Å²) in [5, 5.41) is 7.66. The molecule has 5 heteroatoms. The van der Waals surface area contributed by atoms with Crippen LogP contribution in [-0.4, -0.2) is 20.5 Å². The number of para-hydroxylation sites is 1. The Balaban J connectivity index is 1.56. The first kappa shape index (κ1) is 17.9. The van der Waals surface area contributed by atoms with E-state index in [1.807, 2.05) is 85.1 Å². The van der Waals surface area contributed by atoms with Crippen molar-refractivity contribution in [2.24, 2.45) is 0 Å². The largest absolute Gasteiger partial charge is 0.326 e. The van der Waals surface area contributed by atoms with Gasteiger partial charge in [0.1, 0.15) is 0 Å². The number of aryl methyl sites for hydroxylation is 2. The maximum atomic E-state index is 12.3. The lowest BCUT2D eigenvalue weighted by atomic mass is 10.1. The molecule has 0 aliphatic heterocycles. The molecule has 1 N–H and O–H groups in total. The number of aromatic nitrogens is 3. The average molecular weight is 370 g/mol. The number of nitrogens with zero attached hydrogens (tertiary/aromatic N) is 3. The number of anilines is 1. The number of fused-ring (bicyclic) bond motifs is 1. The van der Waals surface area contributed by atoms with E-state index < -0.39 is 0 Å². The van der Waals surface area contributed by atoms with Crippen molar-refractivity contribution in [2.45, 2.75) is 26.7 Å². The molecule has 2 heterocycles. The molecule has 4 rings (SSSR count). The van der Waals surface area contributed by atoms with E-state index in [0.717, 1.165) is 39.5 Å². The van der Waals surface area contributed by atoms with E-state index in [-0.39, 0.29) is 5.91 Å². The van der Waals surface area contributed by atoms with Gasteiger partial charge in [-0.3, -0.25) is 4.79 Å². The van der Waals surface area contributed by atoms with Gasteiger partial charge >= 0.3 is 0 Å². The van der Waals surface area contributed by atoms with Crippen LogP contribution in [0, 0.1) is 13.8 Å². The Bertz CT molecular complexity index is 1120. The molecule has 2 aromatic heterocycles. The van der Waals surface area contributed by atoms with Gasteiger partial charge in [-0.05, 0) is 38.0 Å². The van der Waals surface area contributed by atoms with Crippen LogP contribution < -0.4 is 5.32 Å². The standard InChI is InChI=1S/C23H22N4O/c1-16-20(13-14-23(28)25-19-11-7-4-8-12-19)17(2)27-22(24-16)15-21(26-27)18-9-5-3-6-10-18/h3-12,15H,13-14H2,1-2H3,(H,25,28). The number of nitrogens with one attached hydrogen (secondary N) is 1. The molecule has 28 heavy (non-hydrogen) atoms. The lowest BCUT2D eigenvalue weighted by Crippen LogP contribution is -2.14. The van der Waals surface area contributed by atoms with Gasteiger partial charge in [0.2, 0.25) is 5.91 Å². The van der Waals surface area contributed by atoms with Gasteiger partial charge in [0, 0.05) is 35.1 Å². The molecule has 0 atom stereocenters. The topological polar surface area (TPSA) is 59.3 Å². The van der Waals surface area contributed by atoms with Gasteiger partial charge in [-0.25, -0.2) is 9.50 Å². The fraction of sp³-hybridized carbons (Fsp3) is 0.174. The van der Waals surface area contributed by atoms with Crippen molar-refractivity contribution < 1.29 is 4.79 Å². The Morgan fingerprint density at radius 1 is 1.00 bits per heavy atom. The minimum absolute atomic E-state index is 0.00413. The van der Waals surface area contributed by atoms with Gasteiger partial charge in [-0.1, -0.05) is 48.5 Å². The molecular formula is C23H22N4O. The summed E-state index contributed by atoms with van der Waals surface area (Å²) in [4.78, 5) is 17.0. The zero-order chi connectivity index (χ0) is 19.5. The second kappa shape index (κ2) is 7.64. The molecule has 0 unspecified atom stereocenters. The minimum Gasteiger partial charge on any atom is -0.326 e. The van der Waals surface area contributed by atoms with E-state index in [1.165, 1.54) is 0 Å². The van der Waals surface area contributed by atoms with Crippen LogP contribution in [0.4, 0.5) is 5.69 Å². The zero-order valence-electron chi connectivity index (χ0n) is 16.0. The molecule has 140 valence electrons. The van der Waals surface area contributed by atoms with Crippen molar-refractivity contribution in [1.29, 1.82) is 0 Å². The van der Waals surface area contributed by atoms with Crippen molar-refractivity contribution in [2.75, 3.05) is 5.32 Å². The quantitative estimate of drug-likeness (QED) is 0.559. The van der Waals surface area contributed by atoms with E-state index in [1.54, 1.807) is 0 Å². The number of benzene rings is 2. The lowest BCUT2D eigenvalue weighted by Gasteiger charge is -2.11. The van der Waals surface area contributed by atoms with Gasteiger partial charge in [-0.15, -0.1) is 0 Å². The number of rotatable bonds is 5. The number of carbonyl (C=O) groups excluding carboxylic acids is 1. The van der Waals surface area contributed by atoms with Crippen LogP contribution in [0.5, 0.6) is 0 Å². The Morgan fingerprint density at radius 3 is 2.39 bits per heavy atom. The van der Waals surface area contributed by atoms with Crippen LogP contribution in [0.25, 0.3) is 16.9 Å². The number of amides is 1. The normalized spacial score (nSPS) is 10.9. The molecular weight excluding hydrogens is 348 g/mol. The second-order valence-corrected chi connectivity index (χ2v) is 6.84. The molecule has 0 saturated carbocycles. The Hall–Kier alpha value is -3.47. The van der Waals surface area contributed by atoms with E-state index in [2.05, 4.69) is 5.32 Å². The average Bonchev–Trinajstić information content (AvgIpc) is 3.13. The van der Waals surface area contributed by atoms with Crippen LogP contribution in [0.15, 0.2) is 66.7 Å². The Morgan fingerprint density at radius 2 is 1.68 bits per heavy atom. The molecule has 5 nitrogen and oxygen atoms in total.